The minimum absolute atomic E-state index is 0. The molecule has 6 heteroatoms. The maximum Gasteiger partial charge on any atom is 0.320 e. The number of carboxylic acid groups (broad SMARTS) is 1. The number of hydrogen-bond acceptors (Lipinski definition) is 3. The van der Waals surface area contributed by atoms with Gasteiger partial charge in [0, 0.05) is 11.6 Å². The fourth-order valence-corrected chi connectivity index (χ4v) is 2.31. The molecule has 4 nitrogen and oxygen atoms in total. The van der Waals surface area contributed by atoms with E-state index in [0.717, 1.165) is 25.1 Å². The minimum Gasteiger partial charge on any atom is -0.492 e. The Morgan fingerprint density at radius 1 is 1.42 bits per heavy atom. The van der Waals surface area contributed by atoms with E-state index in [1.807, 2.05) is 4.90 Å². The van der Waals surface area contributed by atoms with Gasteiger partial charge in [-0.15, -0.1) is 12.4 Å². The predicted octanol–water partition coefficient (Wildman–Crippen LogP) is 2.69. The van der Waals surface area contributed by atoms with Crippen molar-refractivity contribution < 1.29 is 14.6 Å². The van der Waals surface area contributed by atoms with Crippen molar-refractivity contribution in [3.63, 3.8) is 0 Å². The van der Waals surface area contributed by atoms with Gasteiger partial charge in [0.05, 0.1) is 0 Å². The first kappa shape index (κ1) is 16.1. The summed E-state index contributed by atoms with van der Waals surface area (Å²) in [5, 5.41) is 9.71. The lowest BCUT2D eigenvalue weighted by atomic mass is 10.2. The molecule has 1 aromatic carbocycles. The Hall–Kier alpha value is -0.970. The van der Waals surface area contributed by atoms with Gasteiger partial charge in [-0.05, 0) is 43.7 Å². The van der Waals surface area contributed by atoms with Gasteiger partial charge in [-0.1, -0.05) is 11.6 Å². The van der Waals surface area contributed by atoms with Gasteiger partial charge in [0.15, 0.2) is 0 Å². The summed E-state index contributed by atoms with van der Waals surface area (Å²) in [6.07, 6.45) is 1.67. The fourth-order valence-electron chi connectivity index (χ4n) is 2.19. The van der Waals surface area contributed by atoms with Crippen molar-refractivity contribution in [2.75, 3.05) is 19.7 Å². The van der Waals surface area contributed by atoms with Crippen LogP contribution in [0.2, 0.25) is 5.02 Å². The maximum atomic E-state index is 11.0. The summed E-state index contributed by atoms with van der Waals surface area (Å²) in [6.45, 7) is 1.96. The molecule has 1 N–H and O–H groups in total. The van der Waals surface area contributed by atoms with Crippen LogP contribution in [-0.2, 0) is 4.79 Å². The molecule has 0 aliphatic carbocycles. The smallest absolute Gasteiger partial charge is 0.320 e. The quantitative estimate of drug-likeness (QED) is 0.908. The Bertz CT molecular complexity index is 411. The van der Waals surface area contributed by atoms with E-state index in [4.69, 9.17) is 21.4 Å². The Balaban J connectivity index is 0.00000180. The molecule has 0 saturated carbocycles. The first-order valence-electron chi connectivity index (χ1n) is 6.02. The molecule has 1 aromatic rings. The van der Waals surface area contributed by atoms with Crippen LogP contribution in [-0.4, -0.2) is 41.7 Å². The summed E-state index contributed by atoms with van der Waals surface area (Å²) in [7, 11) is 0. The zero-order chi connectivity index (χ0) is 13.0. The molecule has 0 amide bonds. The van der Waals surface area contributed by atoms with Crippen LogP contribution in [0.15, 0.2) is 24.3 Å². The standard InChI is InChI=1S/C13H16ClNO3.ClH/c14-10-3-5-11(6-4-10)18-9-8-15-7-1-2-12(15)13(16)17;/h3-6,12H,1-2,7-9H2,(H,16,17);1H/t12-;/m1./s1. The van der Waals surface area contributed by atoms with Crippen LogP contribution in [0.5, 0.6) is 5.75 Å². The van der Waals surface area contributed by atoms with Crippen LogP contribution in [0.4, 0.5) is 0 Å². The highest BCUT2D eigenvalue weighted by molar-refractivity contribution is 6.30. The molecule has 0 unspecified atom stereocenters. The number of halogens is 2. The maximum absolute atomic E-state index is 11.0. The molecule has 0 bridgehead atoms. The number of carboxylic acids is 1. The molecule has 0 radical (unpaired) electrons. The normalized spacial score (nSPS) is 18.9. The first-order valence-corrected chi connectivity index (χ1v) is 6.40. The summed E-state index contributed by atoms with van der Waals surface area (Å²) >= 11 is 5.77. The van der Waals surface area contributed by atoms with Crippen LogP contribution in [0.25, 0.3) is 0 Å². The van der Waals surface area contributed by atoms with Gasteiger partial charge in [-0.3, -0.25) is 9.69 Å². The highest BCUT2D eigenvalue weighted by Gasteiger charge is 2.29. The molecule has 0 aromatic heterocycles. The molecular weight excluding hydrogens is 289 g/mol. The van der Waals surface area contributed by atoms with Gasteiger partial charge < -0.3 is 9.84 Å². The number of aliphatic carboxylic acids is 1. The molecule has 2 rings (SSSR count). The Morgan fingerprint density at radius 3 is 2.74 bits per heavy atom. The Labute approximate surface area is 123 Å². The van der Waals surface area contributed by atoms with E-state index in [9.17, 15) is 4.79 Å². The second-order valence-corrected chi connectivity index (χ2v) is 4.77. The van der Waals surface area contributed by atoms with E-state index < -0.39 is 5.97 Å². The van der Waals surface area contributed by atoms with Crippen LogP contribution in [0.3, 0.4) is 0 Å². The SMILES string of the molecule is Cl.O=C(O)[C@H]1CCCN1CCOc1ccc(Cl)cc1. The van der Waals surface area contributed by atoms with Gasteiger partial charge in [0.25, 0.3) is 0 Å². The van der Waals surface area contributed by atoms with Crippen LogP contribution < -0.4 is 4.74 Å². The zero-order valence-corrected chi connectivity index (χ0v) is 12.0. The van der Waals surface area contributed by atoms with Crippen LogP contribution in [0, 0.1) is 0 Å². The lowest BCUT2D eigenvalue weighted by Gasteiger charge is -2.20. The van der Waals surface area contributed by atoms with Gasteiger partial charge in [-0.25, -0.2) is 0 Å². The molecule has 0 spiro atoms. The molecule has 1 aliphatic heterocycles. The van der Waals surface area contributed by atoms with Crippen molar-refractivity contribution in [3.8, 4) is 5.75 Å². The van der Waals surface area contributed by atoms with Gasteiger partial charge in [-0.2, -0.15) is 0 Å². The average Bonchev–Trinajstić information content (AvgIpc) is 2.80. The predicted molar refractivity (Wildman–Crippen MR) is 76.4 cm³/mol. The molecule has 1 heterocycles. The third kappa shape index (κ3) is 4.56. The van der Waals surface area contributed by atoms with Crippen molar-refractivity contribution in [2.45, 2.75) is 18.9 Å². The van der Waals surface area contributed by atoms with Crippen molar-refractivity contribution >= 4 is 30.0 Å². The summed E-state index contributed by atoms with van der Waals surface area (Å²) in [5.41, 5.74) is 0. The Morgan fingerprint density at radius 2 is 2.11 bits per heavy atom. The average molecular weight is 306 g/mol. The lowest BCUT2D eigenvalue weighted by molar-refractivity contribution is -0.142. The second-order valence-electron chi connectivity index (χ2n) is 4.33. The van der Waals surface area contributed by atoms with Crippen molar-refractivity contribution in [3.05, 3.63) is 29.3 Å². The highest BCUT2D eigenvalue weighted by atomic mass is 35.5. The minimum atomic E-state index is -0.737. The number of hydrogen-bond donors (Lipinski definition) is 1. The Kier molecular flexibility index (Phi) is 6.42. The van der Waals surface area contributed by atoms with Crippen molar-refractivity contribution in [1.82, 2.24) is 4.90 Å². The lowest BCUT2D eigenvalue weighted by Crippen LogP contribution is -2.38. The summed E-state index contributed by atoms with van der Waals surface area (Å²) < 4.78 is 5.56. The second kappa shape index (κ2) is 7.58. The highest BCUT2D eigenvalue weighted by Crippen LogP contribution is 2.18. The topological polar surface area (TPSA) is 49.8 Å². The van der Waals surface area contributed by atoms with Gasteiger partial charge >= 0.3 is 5.97 Å². The number of benzene rings is 1. The number of ether oxygens (including phenoxy) is 1. The summed E-state index contributed by atoms with van der Waals surface area (Å²) in [4.78, 5) is 12.9. The molecule has 106 valence electrons. The van der Waals surface area contributed by atoms with E-state index in [1.54, 1.807) is 24.3 Å². The molecule has 19 heavy (non-hydrogen) atoms. The van der Waals surface area contributed by atoms with Crippen molar-refractivity contribution in [2.24, 2.45) is 0 Å². The van der Waals surface area contributed by atoms with Gasteiger partial charge in [0.2, 0.25) is 0 Å². The van der Waals surface area contributed by atoms with E-state index in [2.05, 4.69) is 0 Å². The van der Waals surface area contributed by atoms with E-state index in [1.165, 1.54) is 0 Å². The first-order chi connectivity index (χ1) is 8.66. The van der Waals surface area contributed by atoms with E-state index in [-0.39, 0.29) is 18.4 Å². The zero-order valence-electron chi connectivity index (χ0n) is 10.4. The summed E-state index contributed by atoms with van der Waals surface area (Å²) in [6, 6.07) is 6.81. The van der Waals surface area contributed by atoms with Gasteiger partial charge in [0.1, 0.15) is 18.4 Å². The number of carbonyl (C=O) groups is 1. The third-order valence-corrected chi connectivity index (χ3v) is 3.36. The fraction of sp³-hybridized carbons (Fsp3) is 0.462. The van der Waals surface area contributed by atoms with Crippen LogP contribution >= 0.6 is 24.0 Å². The molecule has 1 atom stereocenters. The molecule has 1 aliphatic rings. The van der Waals surface area contributed by atoms with E-state index in [0.29, 0.717) is 18.2 Å². The molecule has 1 fully saturated rings. The summed E-state index contributed by atoms with van der Waals surface area (Å²) in [5.74, 6) is 0.0180. The number of likely N-dealkylation sites (tertiary alicyclic amines) is 1. The van der Waals surface area contributed by atoms with Crippen molar-refractivity contribution in [1.29, 1.82) is 0 Å². The monoisotopic (exact) mass is 305 g/mol. The molecular formula is C13H17Cl2NO3. The third-order valence-electron chi connectivity index (χ3n) is 3.11. The largest absolute Gasteiger partial charge is 0.492 e. The molecule has 1 saturated heterocycles. The number of nitrogens with zero attached hydrogens (tertiary/aromatic N) is 1. The van der Waals surface area contributed by atoms with Crippen LogP contribution in [0.1, 0.15) is 12.8 Å². The number of rotatable bonds is 5. The van der Waals surface area contributed by atoms with E-state index >= 15 is 0 Å².